The first kappa shape index (κ1) is 8.24. The summed E-state index contributed by atoms with van der Waals surface area (Å²) < 4.78 is 0. The van der Waals surface area contributed by atoms with Crippen LogP contribution in [0.5, 0.6) is 0 Å². The van der Waals surface area contributed by atoms with E-state index in [4.69, 9.17) is 4.84 Å². The quantitative estimate of drug-likeness (QED) is 0.518. The summed E-state index contributed by atoms with van der Waals surface area (Å²) in [4.78, 5) is 4.71. The van der Waals surface area contributed by atoms with Crippen molar-refractivity contribution in [3.8, 4) is 0 Å². The number of rotatable bonds is 4. The highest BCUT2D eigenvalue weighted by Crippen LogP contribution is 1.97. The molecular weight excluding hydrogens is 138 g/mol. The van der Waals surface area contributed by atoms with Gasteiger partial charge in [-0.1, -0.05) is 30.3 Å². The SMILES string of the molecule is CONCCc1ccccc1. The van der Waals surface area contributed by atoms with Gasteiger partial charge in [0.05, 0.1) is 7.11 Å². The lowest BCUT2D eigenvalue weighted by Crippen LogP contribution is -2.14. The zero-order valence-electron chi connectivity index (χ0n) is 6.71. The summed E-state index contributed by atoms with van der Waals surface area (Å²) in [6.07, 6.45) is 1.01. The molecule has 0 aliphatic rings. The third kappa shape index (κ3) is 3.16. The van der Waals surface area contributed by atoms with Gasteiger partial charge in [0.25, 0.3) is 0 Å². The second-order valence-electron chi connectivity index (χ2n) is 2.33. The summed E-state index contributed by atoms with van der Waals surface area (Å²) in [5.74, 6) is 0. The first-order valence-corrected chi connectivity index (χ1v) is 3.73. The van der Waals surface area contributed by atoms with Crippen LogP contribution in [0.4, 0.5) is 0 Å². The highest BCUT2D eigenvalue weighted by molar-refractivity contribution is 5.14. The van der Waals surface area contributed by atoms with Gasteiger partial charge in [0, 0.05) is 6.54 Å². The molecule has 11 heavy (non-hydrogen) atoms. The molecule has 0 aromatic heterocycles. The lowest BCUT2D eigenvalue weighted by atomic mass is 10.2. The number of hydroxylamine groups is 1. The molecule has 60 valence electrons. The lowest BCUT2D eigenvalue weighted by Gasteiger charge is -2.00. The Morgan fingerprint density at radius 1 is 1.27 bits per heavy atom. The van der Waals surface area contributed by atoms with Crippen molar-refractivity contribution in [2.45, 2.75) is 6.42 Å². The van der Waals surface area contributed by atoms with E-state index in [0.717, 1.165) is 13.0 Å². The van der Waals surface area contributed by atoms with Gasteiger partial charge < -0.3 is 4.84 Å². The van der Waals surface area contributed by atoms with Gasteiger partial charge in [0.15, 0.2) is 0 Å². The summed E-state index contributed by atoms with van der Waals surface area (Å²) in [6.45, 7) is 0.862. The molecule has 0 bridgehead atoms. The molecule has 0 aliphatic heterocycles. The van der Waals surface area contributed by atoms with Crippen LogP contribution in [-0.2, 0) is 11.3 Å². The summed E-state index contributed by atoms with van der Waals surface area (Å²) in [7, 11) is 1.63. The Hall–Kier alpha value is -0.860. The van der Waals surface area contributed by atoms with Crippen molar-refractivity contribution in [2.75, 3.05) is 13.7 Å². The van der Waals surface area contributed by atoms with Crippen molar-refractivity contribution < 1.29 is 4.84 Å². The van der Waals surface area contributed by atoms with Crippen molar-refractivity contribution in [1.82, 2.24) is 5.48 Å². The maximum Gasteiger partial charge on any atom is 0.0572 e. The van der Waals surface area contributed by atoms with Gasteiger partial charge in [-0.25, -0.2) is 5.48 Å². The fourth-order valence-electron chi connectivity index (χ4n) is 0.942. The van der Waals surface area contributed by atoms with Gasteiger partial charge in [0.1, 0.15) is 0 Å². The fourth-order valence-corrected chi connectivity index (χ4v) is 0.942. The Morgan fingerprint density at radius 2 is 2.00 bits per heavy atom. The molecule has 0 radical (unpaired) electrons. The number of nitrogens with one attached hydrogen (secondary N) is 1. The Labute approximate surface area is 67.1 Å². The van der Waals surface area contributed by atoms with Crippen molar-refractivity contribution in [1.29, 1.82) is 0 Å². The lowest BCUT2D eigenvalue weighted by molar-refractivity contribution is 0.0928. The summed E-state index contributed by atoms with van der Waals surface area (Å²) in [5.41, 5.74) is 4.13. The van der Waals surface area contributed by atoms with E-state index in [0.29, 0.717) is 0 Å². The molecule has 0 unspecified atom stereocenters. The Balaban J connectivity index is 2.28. The van der Waals surface area contributed by atoms with E-state index in [1.165, 1.54) is 5.56 Å². The van der Waals surface area contributed by atoms with Gasteiger partial charge >= 0.3 is 0 Å². The molecule has 1 N–H and O–H groups in total. The summed E-state index contributed by atoms with van der Waals surface area (Å²) in [6, 6.07) is 10.3. The molecule has 0 heterocycles. The molecule has 1 rings (SSSR count). The normalized spacial score (nSPS) is 9.91. The fraction of sp³-hybridized carbons (Fsp3) is 0.333. The Kier molecular flexibility index (Phi) is 3.65. The first-order chi connectivity index (χ1) is 5.43. The maximum absolute atomic E-state index is 4.71. The molecule has 0 atom stereocenters. The van der Waals surface area contributed by atoms with Crippen molar-refractivity contribution in [3.05, 3.63) is 35.9 Å². The van der Waals surface area contributed by atoms with Gasteiger partial charge in [-0.3, -0.25) is 0 Å². The van der Waals surface area contributed by atoms with Gasteiger partial charge in [-0.2, -0.15) is 0 Å². The van der Waals surface area contributed by atoms with Crippen molar-refractivity contribution in [2.24, 2.45) is 0 Å². The predicted molar refractivity (Wildman–Crippen MR) is 45.2 cm³/mol. The largest absolute Gasteiger partial charge is 0.305 e. The zero-order chi connectivity index (χ0) is 7.94. The van der Waals surface area contributed by atoms with Crippen LogP contribution in [0, 0.1) is 0 Å². The van der Waals surface area contributed by atoms with Gasteiger partial charge in [-0.15, -0.1) is 0 Å². The number of benzene rings is 1. The Morgan fingerprint density at radius 3 is 2.64 bits per heavy atom. The second kappa shape index (κ2) is 4.88. The van der Waals surface area contributed by atoms with Gasteiger partial charge in [-0.05, 0) is 12.0 Å². The van der Waals surface area contributed by atoms with Crippen LogP contribution in [0.2, 0.25) is 0 Å². The van der Waals surface area contributed by atoms with Crippen LogP contribution in [0.3, 0.4) is 0 Å². The first-order valence-electron chi connectivity index (χ1n) is 3.73. The number of hydrogen-bond acceptors (Lipinski definition) is 2. The molecule has 0 aliphatic carbocycles. The third-order valence-corrected chi connectivity index (χ3v) is 1.50. The molecule has 2 nitrogen and oxygen atoms in total. The highest BCUT2D eigenvalue weighted by atomic mass is 16.6. The van der Waals surface area contributed by atoms with Crippen LogP contribution < -0.4 is 5.48 Å². The average molecular weight is 151 g/mol. The predicted octanol–water partition coefficient (Wildman–Crippen LogP) is 1.38. The van der Waals surface area contributed by atoms with Crippen molar-refractivity contribution >= 4 is 0 Å². The van der Waals surface area contributed by atoms with Crippen LogP contribution in [-0.4, -0.2) is 13.7 Å². The van der Waals surface area contributed by atoms with Crippen LogP contribution >= 0.6 is 0 Å². The summed E-state index contributed by atoms with van der Waals surface area (Å²) in [5, 5.41) is 0. The Bertz CT molecular complexity index is 186. The van der Waals surface area contributed by atoms with Crippen molar-refractivity contribution in [3.63, 3.8) is 0 Å². The maximum atomic E-state index is 4.71. The van der Waals surface area contributed by atoms with Crippen LogP contribution in [0.15, 0.2) is 30.3 Å². The second-order valence-corrected chi connectivity index (χ2v) is 2.33. The van der Waals surface area contributed by atoms with E-state index < -0.39 is 0 Å². The highest BCUT2D eigenvalue weighted by Gasteiger charge is 1.88. The van der Waals surface area contributed by atoms with Crippen LogP contribution in [0.25, 0.3) is 0 Å². The van der Waals surface area contributed by atoms with Crippen LogP contribution in [0.1, 0.15) is 5.56 Å². The van der Waals surface area contributed by atoms with E-state index in [1.807, 2.05) is 18.2 Å². The smallest absolute Gasteiger partial charge is 0.0572 e. The monoisotopic (exact) mass is 151 g/mol. The molecule has 0 amide bonds. The zero-order valence-corrected chi connectivity index (χ0v) is 6.71. The van der Waals surface area contributed by atoms with E-state index in [9.17, 15) is 0 Å². The van der Waals surface area contributed by atoms with Gasteiger partial charge in [0.2, 0.25) is 0 Å². The minimum absolute atomic E-state index is 0.862. The molecule has 0 saturated heterocycles. The summed E-state index contributed by atoms with van der Waals surface area (Å²) >= 11 is 0. The molecule has 2 heteroatoms. The third-order valence-electron chi connectivity index (χ3n) is 1.50. The molecule has 0 saturated carbocycles. The van der Waals surface area contributed by atoms with E-state index in [-0.39, 0.29) is 0 Å². The molecular formula is C9H13NO. The average Bonchev–Trinajstić information content (AvgIpc) is 2.07. The number of hydrogen-bond donors (Lipinski definition) is 1. The minimum atomic E-state index is 0.862. The molecule has 1 aromatic rings. The molecule has 0 fully saturated rings. The van der Waals surface area contributed by atoms with E-state index in [1.54, 1.807) is 7.11 Å². The minimum Gasteiger partial charge on any atom is -0.305 e. The molecule has 1 aromatic carbocycles. The van der Waals surface area contributed by atoms with E-state index in [2.05, 4.69) is 17.6 Å². The standard InChI is InChI=1S/C9H13NO/c1-11-10-8-7-9-5-3-2-4-6-9/h2-6,10H,7-8H2,1H3. The van der Waals surface area contributed by atoms with E-state index >= 15 is 0 Å². The molecule has 0 spiro atoms. The topological polar surface area (TPSA) is 21.3 Å².